The molecule has 70 valence electrons. The fraction of sp³-hybridized carbons (Fsp3) is 0.111. The molecule has 13 heavy (non-hydrogen) atoms. The third-order valence-electron chi connectivity index (χ3n) is 1.58. The van der Waals surface area contributed by atoms with Crippen LogP contribution in [0.25, 0.3) is 0 Å². The van der Waals surface area contributed by atoms with Crippen molar-refractivity contribution < 1.29 is 9.00 Å². The molecule has 0 aliphatic carbocycles. The topological polar surface area (TPSA) is 46.2 Å². The van der Waals surface area contributed by atoms with Gasteiger partial charge >= 0.3 is 0 Å². The van der Waals surface area contributed by atoms with E-state index < -0.39 is 9.52 Å². The molecule has 0 bridgehead atoms. The first-order valence-corrected chi connectivity index (χ1v) is 5.80. The van der Waals surface area contributed by atoms with Crippen LogP contribution in [0.15, 0.2) is 29.2 Å². The summed E-state index contributed by atoms with van der Waals surface area (Å²) in [4.78, 5) is 10.8. The van der Waals surface area contributed by atoms with Gasteiger partial charge in [-0.05, 0) is 39.7 Å². The second kappa shape index (κ2) is 3.62. The Kier molecular flexibility index (Phi) is 2.72. The van der Waals surface area contributed by atoms with Crippen LogP contribution in [-0.2, 0) is 14.3 Å². The van der Waals surface area contributed by atoms with Crippen LogP contribution in [0, 0.1) is 0 Å². The number of rotatable bonds is 3. The van der Waals surface area contributed by atoms with Crippen molar-refractivity contribution in [1.82, 2.24) is 0 Å². The monoisotopic (exact) mass is 197 g/mol. The minimum Gasteiger partial charge on any atom is -0.329 e. The largest absolute Gasteiger partial charge is 0.329 e. The molecule has 1 atom stereocenters. The Morgan fingerprint density at radius 2 is 1.92 bits per heavy atom. The van der Waals surface area contributed by atoms with E-state index in [2.05, 4.69) is 11.2 Å². The minimum atomic E-state index is -2.15. The lowest BCUT2D eigenvalue weighted by Crippen LogP contribution is -1.98. The van der Waals surface area contributed by atoms with Crippen molar-refractivity contribution in [3.05, 3.63) is 24.3 Å². The summed E-state index contributed by atoms with van der Waals surface area (Å²) in [5.74, 6) is 3.55. The fourth-order valence-corrected chi connectivity index (χ4v) is 1.62. The molecule has 0 saturated heterocycles. The molecular weight excluding hydrogens is 186 g/mol. The summed E-state index contributed by atoms with van der Waals surface area (Å²) in [7, 11) is -2.15. The Bertz CT molecular complexity index is 392. The molecule has 0 saturated carbocycles. The molecule has 0 aromatic heterocycles. The Morgan fingerprint density at radius 1 is 1.38 bits per heavy atom. The SMILES string of the molecule is C=S(C)(=O)c1ccc(NC=O)cc1. The maximum Gasteiger partial charge on any atom is 0.211 e. The van der Waals surface area contributed by atoms with Crippen LogP contribution in [-0.4, -0.2) is 22.7 Å². The maximum absolute atomic E-state index is 11.5. The van der Waals surface area contributed by atoms with Crippen molar-refractivity contribution >= 4 is 27.5 Å². The Balaban J connectivity index is 3.01. The molecule has 0 radical (unpaired) electrons. The highest BCUT2D eigenvalue weighted by Crippen LogP contribution is 2.12. The van der Waals surface area contributed by atoms with E-state index in [1.54, 1.807) is 30.5 Å². The van der Waals surface area contributed by atoms with Crippen molar-refractivity contribution in [3.63, 3.8) is 0 Å². The van der Waals surface area contributed by atoms with Crippen molar-refractivity contribution in [2.45, 2.75) is 4.90 Å². The van der Waals surface area contributed by atoms with Gasteiger partial charge in [-0.1, -0.05) is 0 Å². The predicted octanol–water partition coefficient (Wildman–Crippen LogP) is 0.960. The maximum atomic E-state index is 11.5. The van der Waals surface area contributed by atoms with Gasteiger partial charge in [-0.3, -0.25) is 9.00 Å². The second-order valence-electron chi connectivity index (χ2n) is 2.79. The summed E-state index contributed by atoms with van der Waals surface area (Å²) < 4.78 is 11.5. The number of hydrogen-bond acceptors (Lipinski definition) is 2. The van der Waals surface area contributed by atoms with Crippen LogP contribution in [0.3, 0.4) is 0 Å². The zero-order valence-corrected chi connectivity index (χ0v) is 8.14. The molecule has 1 aromatic carbocycles. The van der Waals surface area contributed by atoms with E-state index >= 15 is 0 Å². The number of carbonyl (C=O) groups excluding carboxylic acids is 1. The number of anilines is 1. The van der Waals surface area contributed by atoms with Gasteiger partial charge < -0.3 is 5.32 Å². The molecule has 3 nitrogen and oxygen atoms in total. The van der Waals surface area contributed by atoms with Crippen LogP contribution >= 0.6 is 0 Å². The summed E-state index contributed by atoms with van der Waals surface area (Å²) in [6.45, 7) is 0. The van der Waals surface area contributed by atoms with Crippen molar-refractivity contribution in [2.75, 3.05) is 11.6 Å². The van der Waals surface area contributed by atoms with E-state index in [0.29, 0.717) is 17.0 Å². The lowest BCUT2D eigenvalue weighted by Gasteiger charge is -2.03. The molecule has 1 unspecified atom stereocenters. The summed E-state index contributed by atoms with van der Waals surface area (Å²) in [5.41, 5.74) is 0.683. The first-order valence-electron chi connectivity index (χ1n) is 3.66. The van der Waals surface area contributed by atoms with Crippen LogP contribution in [0.4, 0.5) is 5.69 Å². The van der Waals surface area contributed by atoms with Gasteiger partial charge in [0.25, 0.3) is 0 Å². The molecule has 4 heteroatoms. The highest BCUT2D eigenvalue weighted by atomic mass is 32.2. The summed E-state index contributed by atoms with van der Waals surface area (Å²) in [6, 6.07) is 6.78. The van der Waals surface area contributed by atoms with Gasteiger partial charge in [0.2, 0.25) is 6.41 Å². The number of hydrogen-bond donors (Lipinski definition) is 1. The first-order chi connectivity index (χ1) is 6.04. The molecule has 0 heterocycles. The molecule has 0 spiro atoms. The minimum absolute atomic E-state index is 0.600. The van der Waals surface area contributed by atoms with E-state index in [1.807, 2.05) is 0 Å². The molecule has 1 aromatic rings. The third-order valence-corrected chi connectivity index (χ3v) is 2.85. The normalized spacial score (nSPS) is 14.5. The zero-order chi connectivity index (χ0) is 9.90. The average Bonchev–Trinajstić information content (AvgIpc) is 2.04. The summed E-state index contributed by atoms with van der Waals surface area (Å²) in [5, 5.41) is 2.49. The van der Waals surface area contributed by atoms with Gasteiger partial charge in [-0.2, -0.15) is 0 Å². The molecule has 0 aliphatic rings. The van der Waals surface area contributed by atoms with E-state index in [1.165, 1.54) is 0 Å². The quantitative estimate of drug-likeness (QED) is 0.579. The number of nitrogens with one attached hydrogen (secondary N) is 1. The predicted molar refractivity (Wildman–Crippen MR) is 55.6 cm³/mol. The van der Waals surface area contributed by atoms with Gasteiger partial charge in [0, 0.05) is 16.8 Å². The summed E-state index contributed by atoms with van der Waals surface area (Å²) in [6.07, 6.45) is 2.18. The number of amides is 1. The van der Waals surface area contributed by atoms with Crippen LogP contribution < -0.4 is 5.32 Å². The van der Waals surface area contributed by atoms with Gasteiger partial charge in [-0.15, -0.1) is 0 Å². The average molecular weight is 197 g/mol. The highest BCUT2D eigenvalue weighted by Gasteiger charge is 1.99. The third kappa shape index (κ3) is 2.59. The van der Waals surface area contributed by atoms with E-state index in [0.717, 1.165) is 0 Å². The van der Waals surface area contributed by atoms with Gasteiger partial charge in [0.15, 0.2) is 0 Å². The van der Waals surface area contributed by atoms with Gasteiger partial charge in [0.1, 0.15) is 0 Å². The van der Waals surface area contributed by atoms with Crippen LogP contribution in [0.2, 0.25) is 0 Å². The van der Waals surface area contributed by atoms with Crippen molar-refractivity contribution in [3.8, 4) is 0 Å². The van der Waals surface area contributed by atoms with Gasteiger partial charge in [-0.25, -0.2) is 0 Å². The Hall–Kier alpha value is -1.29. The molecule has 0 fully saturated rings. The smallest absolute Gasteiger partial charge is 0.211 e. The van der Waals surface area contributed by atoms with Crippen molar-refractivity contribution in [2.24, 2.45) is 0 Å². The van der Waals surface area contributed by atoms with Crippen LogP contribution in [0.5, 0.6) is 0 Å². The summed E-state index contributed by atoms with van der Waals surface area (Å²) >= 11 is 0. The van der Waals surface area contributed by atoms with E-state index in [9.17, 15) is 9.00 Å². The molecule has 0 aliphatic heterocycles. The van der Waals surface area contributed by atoms with Crippen molar-refractivity contribution in [1.29, 1.82) is 0 Å². The van der Waals surface area contributed by atoms with E-state index in [4.69, 9.17) is 0 Å². The second-order valence-corrected chi connectivity index (χ2v) is 5.27. The number of carbonyl (C=O) groups is 1. The van der Waals surface area contributed by atoms with Gasteiger partial charge in [0.05, 0.1) is 0 Å². The van der Waals surface area contributed by atoms with Crippen LogP contribution in [0.1, 0.15) is 0 Å². The van der Waals surface area contributed by atoms with E-state index in [-0.39, 0.29) is 0 Å². The highest BCUT2D eigenvalue weighted by molar-refractivity contribution is 7.99. The molecular formula is C9H11NO2S. The zero-order valence-electron chi connectivity index (χ0n) is 7.32. The first kappa shape index (κ1) is 9.80. The fourth-order valence-electron chi connectivity index (χ4n) is 0.907. The molecule has 1 N–H and O–H groups in total. The lowest BCUT2D eigenvalue weighted by molar-refractivity contribution is -0.105. The number of benzene rings is 1. The Morgan fingerprint density at radius 3 is 2.31 bits per heavy atom. The molecule has 1 amide bonds. The molecule has 1 rings (SSSR count). The standard InChI is InChI=1S/C9H11NO2S/c1-13(2,12)9-5-3-8(4-6-9)10-7-11/h3-7H,1H2,2H3,(H,10,11). The lowest BCUT2D eigenvalue weighted by atomic mass is 10.3. The Labute approximate surface area is 77.8 Å².